The number of hydrogen-bond donors (Lipinski definition) is 0. The number of halogens is 2. The third-order valence-corrected chi connectivity index (χ3v) is 30.9. The van der Waals surface area contributed by atoms with Gasteiger partial charge < -0.3 is 0 Å². The van der Waals surface area contributed by atoms with Gasteiger partial charge in [-0.1, -0.05) is 117 Å². The molecule has 6 rings (SSSR count). The van der Waals surface area contributed by atoms with Crippen LogP contribution in [-0.2, 0) is 39.4 Å². The average Bonchev–Trinajstić information content (AvgIpc) is 3.71. The van der Waals surface area contributed by atoms with Crippen LogP contribution in [0.4, 0.5) is 0 Å². The molecule has 264 valence electrons. The van der Waals surface area contributed by atoms with Crippen molar-refractivity contribution >= 4 is 54.6 Å². The van der Waals surface area contributed by atoms with Gasteiger partial charge in [0.25, 0.3) is 0 Å². The first kappa shape index (κ1) is 40.5. The number of rotatable bonds is 2. The third-order valence-electron chi connectivity index (χ3n) is 9.08. The summed E-state index contributed by atoms with van der Waals surface area (Å²) in [5, 5.41) is 8.25. The minimum absolute atomic E-state index is 0.124. The molecular weight excluding hydrogens is 830 g/mol. The van der Waals surface area contributed by atoms with Crippen molar-refractivity contribution in [2.75, 3.05) is 0 Å². The Morgan fingerprint density at radius 1 is 0.460 bits per heavy atom. The fourth-order valence-corrected chi connectivity index (χ4v) is 27.3. The Labute approximate surface area is 318 Å². The minimum atomic E-state index is -2.41. The van der Waals surface area contributed by atoms with Gasteiger partial charge in [0, 0.05) is 0 Å². The molecule has 0 bridgehead atoms. The van der Waals surface area contributed by atoms with E-state index in [0.29, 0.717) is 0 Å². The molecule has 4 heteroatoms. The molecule has 0 saturated heterocycles. The summed E-state index contributed by atoms with van der Waals surface area (Å²) in [6.45, 7) is 28.0. The van der Waals surface area contributed by atoms with Crippen LogP contribution in [0, 0.1) is 0 Å². The van der Waals surface area contributed by atoms with Crippen molar-refractivity contribution in [3.8, 4) is 0 Å². The molecular formula is C46H56Cl2HfSi-2. The summed E-state index contributed by atoms with van der Waals surface area (Å²) >= 11 is -2.41. The Morgan fingerprint density at radius 2 is 0.780 bits per heavy atom. The van der Waals surface area contributed by atoms with Gasteiger partial charge in [-0.3, -0.25) is 0 Å². The zero-order valence-corrected chi connectivity index (χ0v) is 38.4. The van der Waals surface area contributed by atoms with E-state index in [1.54, 1.807) is 0 Å². The molecule has 0 aromatic heterocycles. The molecule has 0 aliphatic carbocycles. The predicted molar refractivity (Wildman–Crippen MR) is 223 cm³/mol. The number of fused-ring (bicyclic) bond motifs is 3. The molecule has 0 N–H and O–H groups in total. The Bertz CT molecular complexity index is 1870. The van der Waals surface area contributed by atoms with Gasteiger partial charge >= 0.3 is 111 Å². The molecule has 0 fully saturated rings. The molecule has 0 aliphatic heterocycles. The molecule has 0 spiro atoms. The van der Waals surface area contributed by atoms with E-state index in [2.05, 4.69) is 162 Å². The second-order valence-corrected chi connectivity index (χ2v) is 43.7. The van der Waals surface area contributed by atoms with Gasteiger partial charge in [-0.15, -0.1) is 39.7 Å². The third kappa shape index (κ3) is 10.2. The quantitative estimate of drug-likeness (QED) is 0.120. The predicted octanol–water partition coefficient (Wildman–Crippen LogP) is 13.0. The summed E-state index contributed by atoms with van der Waals surface area (Å²) in [5.74, 6) is 0. The van der Waals surface area contributed by atoms with Gasteiger partial charge in [0.05, 0.1) is 0 Å². The van der Waals surface area contributed by atoms with Crippen LogP contribution in [0.15, 0.2) is 121 Å². The Morgan fingerprint density at radius 3 is 1.04 bits per heavy atom. The maximum atomic E-state index is 6.34. The van der Waals surface area contributed by atoms with E-state index in [9.17, 15) is 0 Å². The molecule has 0 atom stereocenters. The van der Waals surface area contributed by atoms with E-state index >= 15 is 0 Å². The first-order valence-electron chi connectivity index (χ1n) is 17.8. The van der Waals surface area contributed by atoms with Crippen molar-refractivity contribution < 1.29 is 17.7 Å². The molecule has 50 heavy (non-hydrogen) atoms. The van der Waals surface area contributed by atoms with Gasteiger partial charge in [-0.05, 0) is 21.7 Å². The second kappa shape index (κ2) is 16.2. The van der Waals surface area contributed by atoms with Crippen molar-refractivity contribution in [3.63, 3.8) is 0 Å². The van der Waals surface area contributed by atoms with Crippen molar-refractivity contribution in [2.45, 2.75) is 105 Å². The van der Waals surface area contributed by atoms with Crippen LogP contribution in [0.25, 0.3) is 21.5 Å². The van der Waals surface area contributed by atoms with Crippen LogP contribution in [0.5, 0.6) is 0 Å². The van der Waals surface area contributed by atoms with Crippen LogP contribution in [0.3, 0.4) is 0 Å². The van der Waals surface area contributed by atoms with Crippen molar-refractivity contribution in [1.29, 1.82) is 0 Å². The molecule has 0 unspecified atom stereocenters. The molecule has 0 heterocycles. The largest absolute Gasteiger partial charge is 0.214 e. The summed E-state index contributed by atoms with van der Waals surface area (Å²) in [5.41, 5.74) is 5.53. The summed E-state index contributed by atoms with van der Waals surface area (Å²) in [4.78, 5) is 0. The smallest absolute Gasteiger partial charge is 0.172 e. The summed E-state index contributed by atoms with van der Waals surface area (Å²) in [6.07, 6.45) is 0. The SMILES string of the molecule is CC(C)(C)c1cc2[cH-]c3cc(C(C)(C)C)c(C(C)(C)C)cc3c2cc1C(C)(C)C.[Cl][Hf]([Cl])=[Si](c1ccccc1)c1ccccc1.c1cc[cH-]c1. The first-order chi connectivity index (χ1) is 23.2. The maximum absolute atomic E-state index is 6.34. The number of hydrogen-bond acceptors (Lipinski definition) is 0. The normalized spacial score (nSPS) is 12.2. The van der Waals surface area contributed by atoms with Crippen LogP contribution >= 0.6 is 17.2 Å². The molecule has 0 radical (unpaired) electrons. The van der Waals surface area contributed by atoms with Gasteiger partial charge in [-0.25, -0.2) is 12.1 Å². The van der Waals surface area contributed by atoms with Gasteiger partial charge in [-0.2, -0.15) is 18.2 Å². The monoisotopic (exact) mass is 886 g/mol. The Hall–Kier alpha value is -2.23. The topological polar surface area (TPSA) is 0 Å². The van der Waals surface area contributed by atoms with Crippen LogP contribution < -0.4 is 10.4 Å². The summed E-state index contributed by atoms with van der Waals surface area (Å²) in [6, 6.07) is 43.2. The standard InChI is InChI=1S/C29H41.C12H10Si.C5H5.2ClH.Hf/c1-26(2,3)22-14-18-13-19-15-23(27(4,5)6)25(29(10,11)12)17-21(19)20(18)16-24(22)28(7,8)9;1-3-7-11(8-4-1)13-12-9-5-2-6-10-12;1-2-4-5-3-1;;;/h13-17H,1-12H3;1-10H;1-5H;2*1H;/q-1;;-1;;;+2/p-2. The van der Waals surface area contributed by atoms with E-state index in [1.807, 2.05) is 42.5 Å². The molecule has 0 aliphatic rings. The van der Waals surface area contributed by atoms with E-state index in [0.717, 1.165) is 0 Å². The van der Waals surface area contributed by atoms with Crippen molar-refractivity contribution in [1.82, 2.24) is 0 Å². The van der Waals surface area contributed by atoms with E-state index < -0.39 is 23.2 Å². The first-order valence-corrected chi connectivity index (χ1v) is 33.5. The van der Waals surface area contributed by atoms with E-state index in [-0.39, 0.29) is 21.7 Å². The molecule has 6 aromatic carbocycles. The van der Waals surface area contributed by atoms with E-state index in [4.69, 9.17) is 17.2 Å². The van der Waals surface area contributed by atoms with Gasteiger partial charge in [0.1, 0.15) is 0 Å². The zero-order chi connectivity index (χ0) is 37.1. The fourth-order valence-electron chi connectivity index (χ4n) is 6.50. The van der Waals surface area contributed by atoms with Crippen LogP contribution in [0.2, 0.25) is 0 Å². The maximum Gasteiger partial charge on any atom is -0.172 e. The minimum Gasteiger partial charge on any atom is -0.214 e. The van der Waals surface area contributed by atoms with Crippen molar-refractivity contribution in [3.05, 3.63) is 144 Å². The second-order valence-electron chi connectivity index (χ2n) is 17.4. The Balaban J connectivity index is 0.000000221. The van der Waals surface area contributed by atoms with Gasteiger partial charge in [0.2, 0.25) is 0 Å². The summed E-state index contributed by atoms with van der Waals surface area (Å²) in [7, 11) is 12.7. The molecule has 6 aromatic rings. The average molecular weight is 886 g/mol. The van der Waals surface area contributed by atoms with E-state index in [1.165, 1.54) is 54.2 Å². The summed E-state index contributed by atoms with van der Waals surface area (Å²) < 4.78 is 0. The zero-order valence-electron chi connectivity index (χ0n) is 32.3. The molecule has 0 nitrogen and oxygen atoms in total. The van der Waals surface area contributed by atoms with Crippen LogP contribution in [-0.4, -0.2) is 5.49 Å². The van der Waals surface area contributed by atoms with Gasteiger partial charge in [0.15, 0.2) is 0 Å². The Kier molecular flexibility index (Phi) is 13.1. The molecule has 0 amide bonds. The number of benzene rings is 4. The molecule has 0 saturated carbocycles. The fraction of sp³-hybridized carbons (Fsp3) is 0.348. The van der Waals surface area contributed by atoms with Crippen LogP contribution in [0.1, 0.15) is 105 Å². The van der Waals surface area contributed by atoms with Crippen molar-refractivity contribution in [2.24, 2.45) is 0 Å².